The van der Waals surface area contributed by atoms with Gasteiger partial charge < -0.3 is 0 Å². The number of phosphoric acid groups is 1. The zero-order chi connectivity index (χ0) is 13.9. The maximum Gasteiger partial charge on any atom is 0.474 e. The Hall–Kier alpha value is -0.670. The molecule has 0 aliphatic carbocycles. The average molecular weight is 274 g/mol. The zero-order valence-electron chi connectivity index (χ0n) is 11.4. The molecule has 0 amide bonds. The molecule has 0 bridgehead atoms. The van der Waals surface area contributed by atoms with Crippen LogP contribution in [-0.2, 0) is 18.1 Å². The second-order valence-electron chi connectivity index (χ2n) is 3.51. The van der Waals surface area contributed by atoms with Crippen molar-refractivity contribution in [2.45, 2.75) is 32.3 Å². The standard InChI is InChI=1S/C13H23O4P/c1-5-7-8-9-10-11-12-13(6-2)17-18(14,15-3)16-4/h6-8,10-11,13H,2,5,9,12H2,1,3-4H3/b8-7-,11-10-/t13-/m0/s1. The van der Waals surface area contributed by atoms with Crippen LogP contribution in [0.2, 0.25) is 0 Å². The first-order valence-electron chi connectivity index (χ1n) is 5.94. The van der Waals surface area contributed by atoms with Gasteiger partial charge in [0.25, 0.3) is 0 Å². The lowest BCUT2D eigenvalue weighted by Crippen LogP contribution is -2.08. The van der Waals surface area contributed by atoms with E-state index in [-0.39, 0.29) is 6.10 Å². The number of allylic oxidation sites excluding steroid dienone is 3. The SMILES string of the molecule is C=C[C@@H](C/C=C\C/C=C\CC)OP(=O)(OC)OC. The molecular weight excluding hydrogens is 251 g/mol. The van der Waals surface area contributed by atoms with Crippen molar-refractivity contribution < 1.29 is 18.1 Å². The summed E-state index contributed by atoms with van der Waals surface area (Å²) >= 11 is 0. The Kier molecular flexibility index (Phi) is 9.89. The summed E-state index contributed by atoms with van der Waals surface area (Å²) in [5, 5.41) is 0. The summed E-state index contributed by atoms with van der Waals surface area (Å²) in [7, 11) is -0.864. The maximum absolute atomic E-state index is 11.7. The van der Waals surface area contributed by atoms with Crippen LogP contribution in [0, 0.1) is 0 Å². The van der Waals surface area contributed by atoms with Crippen molar-refractivity contribution >= 4 is 7.82 Å². The molecule has 0 fully saturated rings. The van der Waals surface area contributed by atoms with E-state index < -0.39 is 7.82 Å². The Balaban J connectivity index is 4.16. The molecule has 18 heavy (non-hydrogen) atoms. The second-order valence-corrected chi connectivity index (χ2v) is 5.35. The molecule has 0 unspecified atom stereocenters. The minimum atomic E-state index is -3.44. The van der Waals surface area contributed by atoms with Gasteiger partial charge in [0.1, 0.15) is 0 Å². The smallest absolute Gasteiger partial charge is 0.290 e. The molecule has 0 aromatic carbocycles. The van der Waals surface area contributed by atoms with Gasteiger partial charge in [-0.15, -0.1) is 6.58 Å². The fraction of sp³-hybridized carbons (Fsp3) is 0.538. The van der Waals surface area contributed by atoms with E-state index >= 15 is 0 Å². The molecule has 0 aliphatic rings. The Morgan fingerprint density at radius 2 is 1.78 bits per heavy atom. The molecule has 0 N–H and O–H groups in total. The van der Waals surface area contributed by atoms with Crippen LogP contribution >= 0.6 is 7.82 Å². The van der Waals surface area contributed by atoms with Gasteiger partial charge >= 0.3 is 7.82 Å². The largest absolute Gasteiger partial charge is 0.474 e. The first kappa shape index (κ1) is 17.3. The molecule has 5 heteroatoms. The highest BCUT2D eigenvalue weighted by Gasteiger charge is 2.25. The summed E-state index contributed by atoms with van der Waals surface area (Å²) in [6, 6.07) is 0. The molecular formula is C13H23O4P. The highest BCUT2D eigenvalue weighted by Crippen LogP contribution is 2.49. The van der Waals surface area contributed by atoms with Crippen molar-refractivity contribution in [3.63, 3.8) is 0 Å². The predicted octanol–water partition coefficient (Wildman–Crippen LogP) is 4.26. The molecule has 0 rings (SSSR count). The minimum absolute atomic E-state index is 0.387. The van der Waals surface area contributed by atoms with E-state index in [1.165, 1.54) is 14.2 Å². The summed E-state index contributed by atoms with van der Waals surface area (Å²) in [5.74, 6) is 0. The van der Waals surface area contributed by atoms with E-state index in [4.69, 9.17) is 13.6 Å². The maximum atomic E-state index is 11.7. The van der Waals surface area contributed by atoms with Crippen molar-refractivity contribution in [2.24, 2.45) is 0 Å². The Morgan fingerprint density at radius 3 is 2.28 bits per heavy atom. The van der Waals surface area contributed by atoms with Gasteiger partial charge in [-0.3, -0.25) is 13.6 Å². The molecule has 0 aromatic heterocycles. The lowest BCUT2D eigenvalue weighted by atomic mass is 10.2. The summed E-state index contributed by atoms with van der Waals surface area (Å²) in [6.45, 7) is 5.73. The zero-order valence-corrected chi connectivity index (χ0v) is 12.3. The molecule has 0 aromatic rings. The van der Waals surface area contributed by atoms with Crippen molar-refractivity contribution in [1.82, 2.24) is 0 Å². The number of rotatable bonds is 10. The van der Waals surface area contributed by atoms with E-state index in [0.29, 0.717) is 6.42 Å². The van der Waals surface area contributed by atoms with Gasteiger partial charge in [0.05, 0.1) is 6.10 Å². The lowest BCUT2D eigenvalue weighted by Gasteiger charge is -2.18. The molecule has 0 saturated carbocycles. The predicted molar refractivity (Wildman–Crippen MR) is 74.5 cm³/mol. The van der Waals surface area contributed by atoms with Crippen LogP contribution in [0.1, 0.15) is 26.2 Å². The molecule has 104 valence electrons. The third-order valence-electron chi connectivity index (χ3n) is 2.18. The van der Waals surface area contributed by atoms with Gasteiger partial charge in [-0.05, 0) is 19.3 Å². The van der Waals surface area contributed by atoms with Crippen LogP contribution in [0.25, 0.3) is 0 Å². The monoisotopic (exact) mass is 274 g/mol. The summed E-state index contributed by atoms with van der Waals surface area (Å²) in [4.78, 5) is 0. The van der Waals surface area contributed by atoms with Gasteiger partial charge in [-0.2, -0.15) is 0 Å². The second kappa shape index (κ2) is 10.3. The third kappa shape index (κ3) is 7.62. The highest BCUT2D eigenvalue weighted by molar-refractivity contribution is 7.48. The minimum Gasteiger partial charge on any atom is -0.290 e. The lowest BCUT2D eigenvalue weighted by molar-refractivity contribution is 0.127. The Bertz CT molecular complexity index is 315. The van der Waals surface area contributed by atoms with Crippen molar-refractivity contribution in [3.05, 3.63) is 37.0 Å². The van der Waals surface area contributed by atoms with Gasteiger partial charge in [0.2, 0.25) is 0 Å². The number of phosphoric ester groups is 1. The summed E-state index contributed by atoms with van der Waals surface area (Å²) in [6.07, 6.45) is 11.9. The van der Waals surface area contributed by atoms with Crippen LogP contribution in [0.5, 0.6) is 0 Å². The first-order chi connectivity index (χ1) is 8.61. The van der Waals surface area contributed by atoms with Crippen LogP contribution < -0.4 is 0 Å². The van der Waals surface area contributed by atoms with Gasteiger partial charge in [0, 0.05) is 14.2 Å². The highest BCUT2D eigenvalue weighted by atomic mass is 31.2. The normalized spacial score (nSPS) is 14.4. The van der Waals surface area contributed by atoms with Crippen LogP contribution in [-0.4, -0.2) is 20.3 Å². The van der Waals surface area contributed by atoms with E-state index in [0.717, 1.165) is 12.8 Å². The molecule has 0 radical (unpaired) electrons. The quantitative estimate of drug-likeness (QED) is 0.441. The molecule has 0 spiro atoms. The van der Waals surface area contributed by atoms with Crippen molar-refractivity contribution in [3.8, 4) is 0 Å². The van der Waals surface area contributed by atoms with E-state index in [1.807, 2.05) is 12.2 Å². The number of hydrogen-bond donors (Lipinski definition) is 0. The molecule has 0 saturated heterocycles. The van der Waals surface area contributed by atoms with E-state index in [2.05, 4.69) is 25.7 Å². The van der Waals surface area contributed by atoms with Crippen molar-refractivity contribution in [1.29, 1.82) is 0 Å². The summed E-state index contributed by atoms with van der Waals surface area (Å²) in [5.41, 5.74) is 0. The first-order valence-corrected chi connectivity index (χ1v) is 7.40. The van der Waals surface area contributed by atoms with Crippen molar-refractivity contribution in [2.75, 3.05) is 14.2 Å². The molecule has 1 atom stereocenters. The van der Waals surface area contributed by atoms with Gasteiger partial charge in [-0.1, -0.05) is 37.3 Å². The Morgan fingerprint density at radius 1 is 1.17 bits per heavy atom. The Labute approximate surface area is 110 Å². The van der Waals surface area contributed by atoms with Crippen LogP contribution in [0.15, 0.2) is 37.0 Å². The molecule has 4 nitrogen and oxygen atoms in total. The van der Waals surface area contributed by atoms with Crippen LogP contribution in [0.4, 0.5) is 0 Å². The van der Waals surface area contributed by atoms with E-state index in [1.54, 1.807) is 6.08 Å². The topological polar surface area (TPSA) is 44.8 Å². The fourth-order valence-corrected chi connectivity index (χ4v) is 2.00. The average Bonchev–Trinajstić information content (AvgIpc) is 2.41. The van der Waals surface area contributed by atoms with Gasteiger partial charge in [-0.25, -0.2) is 4.57 Å². The molecule has 0 aliphatic heterocycles. The third-order valence-corrected chi connectivity index (χ3v) is 3.61. The number of hydrogen-bond acceptors (Lipinski definition) is 4. The van der Waals surface area contributed by atoms with Crippen LogP contribution in [0.3, 0.4) is 0 Å². The summed E-state index contributed by atoms with van der Waals surface area (Å²) < 4.78 is 26.4. The fourth-order valence-electron chi connectivity index (χ4n) is 1.18. The van der Waals surface area contributed by atoms with E-state index in [9.17, 15) is 4.57 Å². The van der Waals surface area contributed by atoms with Gasteiger partial charge in [0.15, 0.2) is 0 Å². The molecule has 0 heterocycles.